The Morgan fingerprint density at radius 2 is 1.62 bits per heavy atom. The van der Waals surface area contributed by atoms with Gasteiger partial charge in [0.1, 0.15) is 11.6 Å². The predicted octanol–water partition coefficient (Wildman–Crippen LogP) is 4.90. The molecule has 0 saturated carbocycles. The van der Waals surface area contributed by atoms with Gasteiger partial charge in [-0.25, -0.2) is 9.97 Å². The summed E-state index contributed by atoms with van der Waals surface area (Å²) in [5.41, 5.74) is 4.46. The molecule has 4 aromatic rings. The lowest BCUT2D eigenvalue weighted by Crippen LogP contribution is -1.99. The fourth-order valence-corrected chi connectivity index (χ4v) is 2.82. The standard InChI is InChI=1S/C21H17N3/c1-16-8-2-3-9-17(16)13-14-21-23-18-10-4-5-11-19(18)24(21)20-12-6-7-15-22-20/h2-15H,1H3. The quantitative estimate of drug-likeness (QED) is 0.539. The van der Waals surface area contributed by atoms with Gasteiger partial charge in [0.2, 0.25) is 0 Å². The largest absolute Gasteiger partial charge is 0.277 e. The van der Waals surface area contributed by atoms with Crippen LogP contribution in [0.3, 0.4) is 0 Å². The van der Waals surface area contributed by atoms with Crippen LogP contribution >= 0.6 is 0 Å². The first-order valence-corrected chi connectivity index (χ1v) is 7.95. The number of benzene rings is 2. The summed E-state index contributed by atoms with van der Waals surface area (Å²) in [6, 6.07) is 22.4. The summed E-state index contributed by atoms with van der Waals surface area (Å²) < 4.78 is 2.09. The number of aryl methyl sites for hydroxylation is 1. The zero-order valence-electron chi connectivity index (χ0n) is 13.4. The predicted molar refractivity (Wildman–Crippen MR) is 99.0 cm³/mol. The van der Waals surface area contributed by atoms with Crippen LogP contribution in [-0.2, 0) is 0 Å². The molecule has 0 aliphatic heterocycles. The first-order chi connectivity index (χ1) is 11.8. The molecule has 0 atom stereocenters. The second kappa shape index (κ2) is 6.13. The highest BCUT2D eigenvalue weighted by Gasteiger charge is 2.10. The molecule has 0 aliphatic rings. The molecule has 3 heteroatoms. The molecule has 0 fully saturated rings. The van der Waals surface area contributed by atoms with E-state index in [1.165, 1.54) is 11.1 Å². The lowest BCUT2D eigenvalue weighted by atomic mass is 10.1. The fourth-order valence-electron chi connectivity index (χ4n) is 2.82. The van der Waals surface area contributed by atoms with Crippen LogP contribution in [-0.4, -0.2) is 14.5 Å². The van der Waals surface area contributed by atoms with Crippen molar-refractivity contribution in [1.82, 2.24) is 14.5 Å². The number of hydrogen-bond donors (Lipinski definition) is 0. The third-order valence-corrected chi connectivity index (χ3v) is 4.07. The van der Waals surface area contributed by atoms with Crippen molar-refractivity contribution in [3.63, 3.8) is 0 Å². The number of fused-ring (bicyclic) bond motifs is 1. The number of aromatic nitrogens is 3. The van der Waals surface area contributed by atoms with Crippen LogP contribution in [0.2, 0.25) is 0 Å². The molecule has 0 bridgehead atoms. The Labute approximate surface area is 140 Å². The summed E-state index contributed by atoms with van der Waals surface area (Å²) in [6.07, 6.45) is 5.96. The topological polar surface area (TPSA) is 30.7 Å². The van der Waals surface area contributed by atoms with E-state index in [1.54, 1.807) is 6.20 Å². The number of hydrogen-bond acceptors (Lipinski definition) is 2. The third kappa shape index (κ3) is 2.61. The second-order valence-electron chi connectivity index (χ2n) is 5.67. The first kappa shape index (κ1) is 14.4. The van der Waals surface area contributed by atoms with Crippen molar-refractivity contribution in [2.75, 3.05) is 0 Å². The molecular weight excluding hydrogens is 294 g/mol. The van der Waals surface area contributed by atoms with Gasteiger partial charge in [-0.15, -0.1) is 0 Å². The van der Waals surface area contributed by atoms with Gasteiger partial charge in [-0.05, 0) is 48.4 Å². The lowest BCUT2D eigenvalue weighted by molar-refractivity contribution is 1.00. The molecule has 4 rings (SSSR count). The molecule has 0 spiro atoms. The Bertz CT molecular complexity index is 1010. The maximum absolute atomic E-state index is 4.77. The lowest BCUT2D eigenvalue weighted by Gasteiger charge is -2.05. The highest BCUT2D eigenvalue weighted by molar-refractivity contribution is 5.82. The highest BCUT2D eigenvalue weighted by atomic mass is 15.1. The molecular formula is C21H17N3. The van der Waals surface area contributed by atoms with Gasteiger partial charge in [-0.1, -0.05) is 48.5 Å². The van der Waals surface area contributed by atoms with Crippen LogP contribution in [0.5, 0.6) is 0 Å². The van der Waals surface area contributed by atoms with E-state index in [-0.39, 0.29) is 0 Å². The smallest absolute Gasteiger partial charge is 0.139 e. The van der Waals surface area contributed by atoms with Gasteiger partial charge >= 0.3 is 0 Å². The van der Waals surface area contributed by atoms with E-state index < -0.39 is 0 Å². The van der Waals surface area contributed by atoms with Crippen LogP contribution in [0.15, 0.2) is 72.9 Å². The Kier molecular flexibility index (Phi) is 3.67. The second-order valence-corrected chi connectivity index (χ2v) is 5.67. The average molecular weight is 311 g/mol. The molecule has 24 heavy (non-hydrogen) atoms. The first-order valence-electron chi connectivity index (χ1n) is 7.95. The Morgan fingerprint density at radius 3 is 2.46 bits per heavy atom. The van der Waals surface area contributed by atoms with E-state index in [9.17, 15) is 0 Å². The Morgan fingerprint density at radius 1 is 0.833 bits per heavy atom. The molecule has 0 amide bonds. The average Bonchev–Trinajstić information content (AvgIpc) is 3.00. The van der Waals surface area contributed by atoms with Gasteiger partial charge in [0, 0.05) is 6.20 Å². The minimum absolute atomic E-state index is 0.871. The Hall–Kier alpha value is -3.20. The molecule has 0 radical (unpaired) electrons. The van der Waals surface area contributed by atoms with Crippen molar-refractivity contribution in [3.05, 3.63) is 89.9 Å². The summed E-state index contributed by atoms with van der Waals surface area (Å²) in [6.45, 7) is 2.11. The van der Waals surface area contributed by atoms with Gasteiger partial charge in [-0.3, -0.25) is 4.57 Å². The molecule has 0 N–H and O–H groups in total. The summed E-state index contributed by atoms with van der Waals surface area (Å²) in [5.74, 6) is 1.74. The van der Waals surface area contributed by atoms with Gasteiger partial charge in [0.25, 0.3) is 0 Å². The maximum Gasteiger partial charge on any atom is 0.139 e. The van der Waals surface area contributed by atoms with E-state index in [0.717, 1.165) is 22.7 Å². The zero-order valence-corrected chi connectivity index (χ0v) is 13.4. The fraction of sp³-hybridized carbons (Fsp3) is 0.0476. The van der Waals surface area contributed by atoms with E-state index >= 15 is 0 Å². The normalized spacial score (nSPS) is 11.4. The van der Waals surface area contributed by atoms with Gasteiger partial charge in [0.05, 0.1) is 11.0 Å². The monoisotopic (exact) mass is 311 g/mol. The molecule has 116 valence electrons. The molecule has 2 aromatic heterocycles. The molecule has 0 aliphatic carbocycles. The van der Waals surface area contributed by atoms with Crippen LogP contribution < -0.4 is 0 Å². The summed E-state index contributed by atoms with van der Waals surface area (Å²) in [5, 5.41) is 0. The maximum atomic E-state index is 4.77. The van der Waals surface area contributed by atoms with Crippen LogP contribution in [0, 0.1) is 6.92 Å². The van der Waals surface area contributed by atoms with Gasteiger partial charge in [0.15, 0.2) is 0 Å². The highest BCUT2D eigenvalue weighted by Crippen LogP contribution is 2.22. The molecule has 0 unspecified atom stereocenters. The number of imidazole rings is 1. The van der Waals surface area contributed by atoms with Crippen molar-refractivity contribution in [2.45, 2.75) is 6.92 Å². The van der Waals surface area contributed by atoms with E-state index in [1.807, 2.05) is 36.4 Å². The summed E-state index contributed by atoms with van der Waals surface area (Å²) >= 11 is 0. The minimum Gasteiger partial charge on any atom is -0.277 e. The summed E-state index contributed by atoms with van der Waals surface area (Å²) in [4.78, 5) is 9.26. The molecule has 2 heterocycles. The SMILES string of the molecule is Cc1ccccc1C=Cc1nc2ccccc2n1-c1ccccn1. The van der Waals surface area contributed by atoms with E-state index in [4.69, 9.17) is 4.98 Å². The summed E-state index contributed by atoms with van der Waals surface area (Å²) in [7, 11) is 0. The van der Waals surface area contributed by atoms with Crippen LogP contribution in [0.1, 0.15) is 17.0 Å². The minimum atomic E-state index is 0.871. The van der Waals surface area contributed by atoms with Crippen molar-refractivity contribution in [1.29, 1.82) is 0 Å². The van der Waals surface area contributed by atoms with Crippen LogP contribution in [0.4, 0.5) is 0 Å². The Balaban J connectivity index is 1.88. The molecule has 3 nitrogen and oxygen atoms in total. The van der Waals surface area contributed by atoms with Crippen molar-refractivity contribution in [2.24, 2.45) is 0 Å². The molecule has 0 saturated heterocycles. The number of rotatable bonds is 3. The van der Waals surface area contributed by atoms with Gasteiger partial charge < -0.3 is 0 Å². The number of nitrogens with zero attached hydrogens (tertiary/aromatic N) is 3. The molecule has 2 aromatic carbocycles. The number of pyridine rings is 1. The van der Waals surface area contributed by atoms with Crippen molar-refractivity contribution < 1.29 is 0 Å². The van der Waals surface area contributed by atoms with E-state index in [2.05, 4.69) is 59.0 Å². The van der Waals surface area contributed by atoms with Crippen molar-refractivity contribution in [3.8, 4) is 5.82 Å². The van der Waals surface area contributed by atoms with E-state index in [0.29, 0.717) is 0 Å². The van der Waals surface area contributed by atoms with Gasteiger partial charge in [-0.2, -0.15) is 0 Å². The zero-order chi connectivity index (χ0) is 16.4. The third-order valence-electron chi connectivity index (χ3n) is 4.07. The number of para-hydroxylation sites is 2. The van der Waals surface area contributed by atoms with Crippen molar-refractivity contribution >= 4 is 23.2 Å². The van der Waals surface area contributed by atoms with Crippen LogP contribution in [0.25, 0.3) is 29.0 Å².